The fraction of sp³-hybridized carbons (Fsp3) is 0.500. The van der Waals surface area contributed by atoms with Gasteiger partial charge in [0, 0.05) is 0 Å². The highest BCUT2D eigenvalue weighted by atomic mass is 19.1. The van der Waals surface area contributed by atoms with Gasteiger partial charge in [0.15, 0.2) is 0 Å². The average Bonchev–Trinajstić information content (AvgIpc) is 2.93. The molecule has 0 amide bonds. The Balaban J connectivity index is 2.39. The van der Waals surface area contributed by atoms with Crippen molar-refractivity contribution in [2.24, 2.45) is 5.92 Å². The molecule has 76 valence electrons. The van der Waals surface area contributed by atoms with E-state index in [1.807, 2.05) is 13.0 Å². The van der Waals surface area contributed by atoms with Crippen LogP contribution in [0.5, 0.6) is 0 Å². The normalized spacial score (nSPS) is 18.3. The van der Waals surface area contributed by atoms with Crippen molar-refractivity contribution in [3.8, 4) is 0 Å². The molecule has 1 unspecified atom stereocenters. The Kier molecular flexibility index (Phi) is 2.31. The van der Waals surface area contributed by atoms with Gasteiger partial charge in [-0.1, -0.05) is 6.07 Å². The number of aliphatic hydroxyl groups excluding tert-OH is 1. The smallest absolute Gasteiger partial charge is 0.126 e. The molecule has 1 aliphatic rings. The van der Waals surface area contributed by atoms with Crippen LogP contribution >= 0.6 is 0 Å². The molecule has 1 aromatic carbocycles. The lowest BCUT2D eigenvalue weighted by Gasteiger charge is -2.14. The summed E-state index contributed by atoms with van der Waals surface area (Å²) in [7, 11) is 0. The molecular formula is C12H15FO. The lowest BCUT2D eigenvalue weighted by atomic mass is 9.97. The Morgan fingerprint density at radius 1 is 1.36 bits per heavy atom. The SMILES string of the molecule is Cc1cc(F)c(C)c(C(O)C2CC2)c1. The fourth-order valence-electron chi connectivity index (χ4n) is 1.81. The van der Waals surface area contributed by atoms with Gasteiger partial charge >= 0.3 is 0 Å². The summed E-state index contributed by atoms with van der Waals surface area (Å²) in [4.78, 5) is 0. The summed E-state index contributed by atoms with van der Waals surface area (Å²) < 4.78 is 13.4. The minimum Gasteiger partial charge on any atom is -0.388 e. The molecule has 0 bridgehead atoms. The molecule has 1 N–H and O–H groups in total. The van der Waals surface area contributed by atoms with Crippen molar-refractivity contribution in [2.45, 2.75) is 32.8 Å². The van der Waals surface area contributed by atoms with Gasteiger partial charge in [-0.25, -0.2) is 4.39 Å². The van der Waals surface area contributed by atoms with Crippen molar-refractivity contribution in [2.75, 3.05) is 0 Å². The van der Waals surface area contributed by atoms with Gasteiger partial charge in [-0.15, -0.1) is 0 Å². The van der Waals surface area contributed by atoms with E-state index < -0.39 is 6.10 Å². The van der Waals surface area contributed by atoms with Gasteiger partial charge < -0.3 is 5.11 Å². The van der Waals surface area contributed by atoms with Gasteiger partial charge in [0.2, 0.25) is 0 Å². The zero-order valence-electron chi connectivity index (χ0n) is 8.55. The van der Waals surface area contributed by atoms with Crippen molar-refractivity contribution >= 4 is 0 Å². The van der Waals surface area contributed by atoms with E-state index in [2.05, 4.69) is 0 Å². The van der Waals surface area contributed by atoms with Gasteiger partial charge in [0.1, 0.15) is 5.82 Å². The largest absolute Gasteiger partial charge is 0.388 e. The molecule has 0 spiro atoms. The second kappa shape index (κ2) is 3.35. The molecule has 1 aromatic rings. The van der Waals surface area contributed by atoms with Gasteiger partial charge in [0.05, 0.1) is 6.10 Å². The molecular weight excluding hydrogens is 179 g/mol. The Morgan fingerprint density at radius 3 is 2.57 bits per heavy atom. The van der Waals surface area contributed by atoms with Gasteiger partial charge in [-0.05, 0) is 55.4 Å². The van der Waals surface area contributed by atoms with Crippen LogP contribution in [-0.4, -0.2) is 5.11 Å². The number of rotatable bonds is 2. The standard InChI is InChI=1S/C12H15FO/c1-7-5-10(8(2)11(13)6-7)12(14)9-3-4-9/h5-6,9,12,14H,3-4H2,1-2H3. The molecule has 1 nitrogen and oxygen atoms in total. The predicted octanol–water partition coefficient (Wildman–Crippen LogP) is 2.89. The van der Waals surface area contributed by atoms with E-state index in [-0.39, 0.29) is 5.82 Å². The zero-order chi connectivity index (χ0) is 10.3. The van der Waals surface area contributed by atoms with Crippen molar-refractivity contribution in [1.82, 2.24) is 0 Å². The topological polar surface area (TPSA) is 20.2 Å². The van der Waals surface area contributed by atoms with E-state index in [1.54, 1.807) is 6.92 Å². The summed E-state index contributed by atoms with van der Waals surface area (Å²) in [6.45, 7) is 3.58. The van der Waals surface area contributed by atoms with Crippen molar-refractivity contribution in [1.29, 1.82) is 0 Å². The summed E-state index contributed by atoms with van der Waals surface area (Å²) in [6.07, 6.45) is 1.66. The maximum Gasteiger partial charge on any atom is 0.126 e. The van der Waals surface area contributed by atoms with E-state index >= 15 is 0 Å². The fourth-order valence-corrected chi connectivity index (χ4v) is 1.81. The molecule has 2 heteroatoms. The number of hydrogen-bond acceptors (Lipinski definition) is 1. The quantitative estimate of drug-likeness (QED) is 0.767. The molecule has 0 saturated heterocycles. The molecule has 0 aromatic heterocycles. The monoisotopic (exact) mass is 194 g/mol. The summed E-state index contributed by atoms with van der Waals surface area (Å²) in [6, 6.07) is 3.40. The first-order valence-corrected chi connectivity index (χ1v) is 5.04. The van der Waals surface area contributed by atoms with Gasteiger partial charge in [-0.2, -0.15) is 0 Å². The average molecular weight is 194 g/mol. The number of halogens is 1. The minimum absolute atomic E-state index is 0.209. The highest BCUT2D eigenvalue weighted by Crippen LogP contribution is 2.42. The zero-order valence-corrected chi connectivity index (χ0v) is 8.55. The second-order valence-corrected chi connectivity index (χ2v) is 4.24. The molecule has 1 saturated carbocycles. The molecule has 1 aliphatic carbocycles. The minimum atomic E-state index is -0.468. The van der Waals surface area contributed by atoms with E-state index in [4.69, 9.17) is 0 Å². The molecule has 0 radical (unpaired) electrons. The summed E-state index contributed by atoms with van der Waals surface area (Å²) in [5.74, 6) is 0.148. The van der Waals surface area contributed by atoms with Crippen molar-refractivity contribution in [3.63, 3.8) is 0 Å². The molecule has 1 fully saturated rings. The number of aliphatic hydroxyl groups is 1. The molecule has 0 heterocycles. The Labute approximate surface area is 83.6 Å². The molecule has 2 rings (SSSR count). The molecule has 14 heavy (non-hydrogen) atoms. The maximum absolute atomic E-state index is 13.4. The lowest BCUT2D eigenvalue weighted by molar-refractivity contribution is 0.152. The summed E-state index contributed by atoms with van der Waals surface area (Å²) >= 11 is 0. The number of aryl methyl sites for hydroxylation is 1. The number of hydrogen-bond donors (Lipinski definition) is 1. The predicted molar refractivity (Wildman–Crippen MR) is 53.6 cm³/mol. The van der Waals surface area contributed by atoms with Gasteiger partial charge in [-0.3, -0.25) is 0 Å². The molecule has 0 aliphatic heterocycles. The second-order valence-electron chi connectivity index (χ2n) is 4.24. The maximum atomic E-state index is 13.4. The van der Waals surface area contributed by atoms with Crippen LogP contribution in [0.3, 0.4) is 0 Å². The first-order chi connectivity index (χ1) is 6.59. The number of benzene rings is 1. The summed E-state index contributed by atoms with van der Waals surface area (Å²) in [5, 5.41) is 9.92. The van der Waals surface area contributed by atoms with E-state index in [9.17, 15) is 9.50 Å². The van der Waals surface area contributed by atoms with Crippen LogP contribution in [0, 0.1) is 25.6 Å². The third-order valence-electron chi connectivity index (χ3n) is 2.92. The molecule has 1 atom stereocenters. The van der Waals surface area contributed by atoms with Crippen LogP contribution < -0.4 is 0 Å². The summed E-state index contributed by atoms with van der Waals surface area (Å²) in [5.41, 5.74) is 2.24. The highest BCUT2D eigenvalue weighted by Gasteiger charge is 2.32. The first kappa shape index (κ1) is 9.66. The van der Waals surface area contributed by atoms with E-state index in [0.717, 1.165) is 24.0 Å². The highest BCUT2D eigenvalue weighted by molar-refractivity contribution is 5.34. The van der Waals surface area contributed by atoms with Crippen LogP contribution in [0.25, 0.3) is 0 Å². The lowest BCUT2D eigenvalue weighted by Crippen LogP contribution is -2.04. The first-order valence-electron chi connectivity index (χ1n) is 5.04. The Hall–Kier alpha value is -0.890. The van der Waals surface area contributed by atoms with Crippen molar-refractivity contribution in [3.05, 3.63) is 34.6 Å². The van der Waals surface area contributed by atoms with E-state index in [1.165, 1.54) is 6.07 Å². The Bertz CT molecular complexity index is 356. The third kappa shape index (κ3) is 1.67. The van der Waals surface area contributed by atoms with Crippen LogP contribution in [-0.2, 0) is 0 Å². The van der Waals surface area contributed by atoms with Gasteiger partial charge in [0.25, 0.3) is 0 Å². The van der Waals surface area contributed by atoms with Crippen LogP contribution in [0.15, 0.2) is 12.1 Å². The van der Waals surface area contributed by atoms with Crippen LogP contribution in [0.4, 0.5) is 4.39 Å². The third-order valence-corrected chi connectivity index (χ3v) is 2.92. The van der Waals surface area contributed by atoms with Crippen molar-refractivity contribution < 1.29 is 9.50 Å². The van der Waals surface area contributed by atoms with Crippen LogP contribution in [0.1, 0.15) is 35.6 Å². The van der Waals surface area contributed by atoms with E-state index in [0.29, 0.717) is 11.5 Å². The van der Waals surface area contributed by atoms with Crippen LogP contribution in [0.2, 0.25) is 0 Å². The Morgan fingerprint density at radius 2 is 2.00 bits per heavy atom.